The molecule has 7 nitrogen and oxygen atoms in total. The van der Waals surface area contributed by atoms with Crippen LogP contribution in [-0.4, -0.2) is 57.8 Å². The highest BCUT2D eigenvalue weighted by Gasteiger charge is 2.14. The van der Waals surface area contributed by atoms with Gasteiger partial charge in [0.15, 0.2) is 5.96 Å². The Balaban J connectivity index is 0.00000392. The van der Waals surface area contributed by atoms with Crippen molar-refractivity contribution >= 4 is 41.3 Å². The fraction of sp³-hybridized carbons (Fsp3) is 0.474. The van der Waals surface area contributed by atoms with Gasteiger partial charge in [-0.3, -0.25) is 4.99 Å². The van der Waals surface area contributed by atoms with Crippen LogP contribution >= 0.6 is 35.3 Å². The molecule has 0 bridgehead atoms. The van der Waals surface area contributed by atoms with Crippen molar-refractivity contribution in [3.05, 3.63) is 33.8 Å². The summed E-state index contributed by atoms with van der Waals surface area (Å²) in [5.74, 6) is 3.00. The minimum atomic E-state index is 0. The molecule has 0 saturated heterocycles. The maximum atomic E-state index is 5.51. The molecule has 1 aromatic heterocycles. The number of thiazole rings is 1. The number of methoxy groups -OCH3 is 3. The second kappa shape index (κ2) is 11.9. The third-order valence-corrected chi connectivity index (χ3v) is 4.94. The van der Waals surface area contributed by atoms with E-state index in [-0.39, 0.29) is 24.0 Å². The SMILES string of the molecule is CN=C(NCCc1c(OC)cc(OC)cc1OC)N(C)Cc1csc(C)n1.I. The molecule has 0 amide bonds. The van der Waals surface area contributed by atoms with Crippen molar-refractivity contribution < 1.29 is 14.2 Å². The van der Waals surface area contributed by atoms with Crippen molar-refractivity contribution in [2.24, 2.45) is 4.99 Å². The predicted molar refractivity (Wildman–Crippen MR) is 125 cm³/mol. The number of rotatable bonds is 8. The van der Waals surface area contributed by atoms with Crippen LogP contribution in [0.4, 0.5) is 0 Å². The van der Waals surface area contributed by atoms with Gasteiger partial charge < -0.3 is 24.4 Å². The van der Waals surface area contributed by atoms with Crippen LogP contribution in [0, 0.1) is 6.92 Å². The first kappa shape index (κ1) is 24.3. The van der Waals surface area contributed by atoms with E-state index in [0.717, 1.165) is 40.1 Å². The summed E-state index contributed by atoms with van der Waals surface area (Å²) in [6.07, 6.45) is 0.721. The number of benzene rings is 1. The summed E-state index contributed by atoms with van der Waals surface area (Å²) in [7, 11) is 8.69. The molecule has 0 fully saturated rings. The van der Waals surface area contributed by atoms with Crippen LogP contribution in [0.2, 0.25) is 0 Å². The Hall–Kier alpha value is -1.75. The van der Waals surface area contributed by atoms with Crippen molar-refractivity contribution in [1.29, 1.82) is 0 Å². The van der Waals surface area contributed by atoms with Gasteiger partial charge in [0.2, 0.25) is 0 Å². The Bertz CT molecular complexity index is 757. The fourth-order valence-corrected chi connectivity index (χ4v) is 3.41. The number of halogens is 1. The first-order valence-corrected chi connectivity index (χ1v) is 9.52. The molecule has 0 aliphatic heterocycles. The number of ether oxygens (including phenoxy) is 3. The van der Waals surface area contributed by atoms with Crippen LogP contribution in [0.5, 0.6) is 17.2 Å². The Morgan fingerprint density at radius 2 is 1.82 bits per heavy atom. The van der Waals surface area contributed by atoms with E-state index in [9.17, 15) is 0 Å². The lowest BCUT2D eigenvalue weighted by Gasteiger charge is -2.22. The summed E-state index contributed by atoms with van der Waals surface area (Å²) in [4.78, 5) is 10.9. The van der Waals surface area contributed by atoms with Crippen LogP contribution in [0.15, 0.2) is 22.5 Å². The topological polar surface area (TPSA) is 68.2 Å². The lowest BCUT2D eigenvalue weighted by molar-refractivity contribution is 0.368. The van der Waals surface area contributed by atoms with E-state index in [2.05, 4.69) is 25.6 Å². The molecular weight excluding hydrogens is 491 g/mol. The van der Waals surface area contributed by atoms with Crippen LogP contribution in [0.1, 0.15) is 16.3 Å². The van der Waals surface area contributed by atoms with Gasteiger partial charge in [0.25, 0.3) is 0 Å². The third-order valence-electron chi connectivity index (χ3n) is 4.11. The minimum Gasteiger partial charge on any atom is -0.496 e. The number of hydrogen-bond acceptors (Lipinski definition) is 6. The van der Waals surface area contributed by atoms with Gasteiger partial charge in [-0.1, -0.05) is 0 Å². The van der Waals surface area contributed by atoms with Gasteiger partial charge in [0, 0.05) is 43.7 Å². The molecule has 1 heterocycles. The van der Waals surface area contributed by atoms with Crippen molar-refractivity contribution in [3.8, 4) is 17.2 Å². The van der Waals surface area contributed by atoms with Gasteiger partial charge in [-0.15, -0.1) is 35.3 Å². The smallest absolute Gasteiger partial charge is 0.193 e. The molecule has 0 aliphatic rings. The van der Waals surface area contributed by atoms with E-state index in [1.54, 1.807) is 39.7 Å². The van der Waals surface area contributed by atoms with Crippen LogP contribution in [0.3, 0.4) is 0 Å². The quantitative estimate of drug-likeness (QED) is 0.327. The third kappa shape index (κ3) is 6.40. The van der Waals surface area contributed by atoms with E-state index >= 15 is 0 Å². The molecule has 0 aliphatic carbocycles. The molecule has 0 radical (unpaired) electrons. The molecule has 0 spiro atoms. The van der Waals surface area contributed by atoms with E-state index in [0.29, 0.717) is 18.8 Å². The summed E-state index contributed by atoms with van der Waals surface area (Å²) in [6.45, 7) is 3.40. The van der Waals surface area contributed by atoms with E-state index in [1.165, 1.54) is 0 Å². The van der Waals surface area contributed by atoms with Gasteiger partial charge in [-0.05, 0) is 13.3 Å². The number of hydrogen-bond donors (Lipinski definition) is 1. The molecular formula is C19H29IN4O3S. The van der Waals surface area contributed by atoms with Gasteiger partial charge >= 0.3 is 0 Å². The summed E-state index contributed by atoms with van der Waals surface area (Å²) < 4.78 is 16.3. The number of aromatic nitrogens is 1. The highest BCUT2D eigenvalue weighted by molar-refractivity contribution is 14.0. The zero-order valence-electron chi connectivity index (χ0n) is 17.2. The van der Waals surface area contributed by atoms with Crippen LogP contribution in [0.25, 0.3) is 0 Å². The van der Waals surface area contributed by atoms with Crippen molar-refractivity contribution in [2.45, 2.75) is 19.9 Å². The van der Waals surface area contributed by atoms with Crippen molar-refractivity contribution in [2.75, 3.05) is 42.0 Å². The Morgan fingerprint density at radius 1 is 1.18 bits per heavy atom. The highest BCUT2D eigenvalue weighted by Crippen LogP contribution is 2.34. The second-order valence-corrected chi connectivity index (χ2v) is 7.01. The van der Waals surface area contributed by atoms with Crippen molar-refractivity contribution in [1.82, 2.24) is 15.2 Å². The maximum absolute atomic E-state index is 5.51. The van der Waals surface area contributed by atoms with Gasteiger partial charge in [0.05, 0.1) is 38.6 Å². The molecule has 28 heavy (non-hydrogen) atoms. The number of guanidine groups is 1. The van der Waals surface area contributed by atoms with Crippen LogP contribution < -0.4 is 19.5 Å². The molecule has 0 unspecified atom stereocenters. The van der Waals surface area contributed by atoms with Gasteiger partial charge in [0.1, 0.15) is 17.2 Å². The van der Waals surface area contributed by atoms with Crippen molar-refractivity contribution in [3.63, 3.8) is 0 Å². The number of aryl methyl sites for hydroxylation is 1. The summed E-state index contributed by atoms with van der Waals surface area (Å²) in [6, 6.07) is 3.73. The summed E-state index contributed by atoms with van der Waals surface area (Å²) in [5, 5.41) is 6.53. The van der Waals surface area contributed by atoms with E-state index in [1.807, 2.05) is 26.1 Å². The van der Waals surface area contributed by atoms with Gasteiger partial charge in [-0.25, -0.2) is 4.98 Å². The first-order valence-electron chi connectivity index (χ1n) is 8.64. The lowest BCUT2D eigenvalue weighted by atomic mass is 10.1. The fourth-order valence-electron chi connectivity index (χ4n) is 2.81. The predicted octanol–water partition coefficient (Wildman–Crippen LogP) is 3.35. The van der Waals surface area contributed by atoms with Gasteiger partial charge in [-0.2, -0.15) is 0 Å². The normalized spacial score (nSPS) is 10.9. The lowest BCUT2D eigenvalue weighted by Crippen LogP contribution is -2.39. The number of nitrogens with zero attached hydrogens (tertiary/aromatic N) is 3. The Morgan fingerprint density at radius 3 is 2.29 bits per heavy atom. The summed E-state index contributed by atoms with van der Waals surface area (Å²) >= 11 is 1.66. The molecule has 9 heteroatoms. The standard InChI is InChI=1S/C19H28N4O3S.HI/c1-13-22-14(12-27-13)11-23(3)19(20-2)21-8-7-16-17(25-5)9-15(24-4)10-18(16)26-6;/h9-10,12H,7-8,11H2,1-6H3,(H,20,21);1H. The molecule has 0 atom stereocenters. The zero-order valence-corrected chi connectivity index (χ0v) is 20.4. The molecule has 1 N–H and O–H groups in total. The molecule has 156 valence electrons. The molecule has 2 aromatic rings. The van der Waals surface area contributed by atoms with Crippen LogP contribution in [-0.2, 0) is 13.0 Å². The minimum absolute atomic E-state index is 0. The monoisotopic (exact) mass is 520 g/mol. The average molecular weight is 520 g/mol. The maximum Gasteiger partial charge on any atom is 0.193 e. The summed E-state index contributed by atoms with van der Waals surface area (Å²) in [5.41, 5.74) is 2.03. The Kier molecular flexibility index (Phi) is 10.4. The molecule has 1 aromatic carbocycles. The second-order valence-electron chi connectivity index (χ2n) is 5.95. The largest absolute Gasteiger partial charge is 0.496 e. The average Bonchev–Trinajstić information content (AvgIpc) is 3.09. The number of aliphatic imine (C=N–C) groups is 1. The van der Waals surface area contributed by atoms with E-state index < -0.39 is 0 Å². The van der Waals surface area contributed by atoms with E-state index in [4.69, 9.17) is 14.2 Å². The number of nitrogens with one attached hydrogen (secondary N) is 1. The molecule has 2 rings (SSSR count). The highest BCUT2D eigenvalue weighted by atomic mass is 127. The first-order chi connectivity index (χ1) is 13.0. The molecule has 0 saturated carbocycles. The zero-order chi connectivity index (χ0) is 19.8. The Labute approximate surface area is 188 Å².